The predicted molar refractivity (Wildman–Crippen MR) is 121 cm³/mol. The van der Waals surface area contributed by atoms with E-state index in [1.807, 2.05) is 11.8 Å². The second-order valence-electron chi connectivity index (χ2n) is 7.86. The molecule has 1 atom stereocenters. The molecule has 8 nitrogen and oxygen atoms in total. The number of rotatable bonds is 6. The van der Waals surface area contributed by atoms with Crippen LogP contribution in [-0.4, -0.2) is 63.9 Å². The highest BCUT2D eigenvalue weighted by Crippen LogP contribution is 2.23. The summed E-state index contributed by atoms with van der Waals surface area (Å²) in [6.07, 6.45) is 4.76. The minimum absolute atomic E-state index is 0.0415. The maximum atomic E-state index is 13.3. The number of hydrogen-bond acceptors (Lipinski definition) is 7. The number of halogens is 1. The van der Waals surface area contributed by atoms with E-state index in [4.69, 9.17) is 0 Å². The fourth-order valence-electron chi connectivity index (χ4n) is 3.54. The van der Waals surface area contributed by atoms with Crippen LogP contribution in [0.15, 0.2) is 55.0 Å². The van der Waals surface area contributed by atoms with Gasteiger partial charge in [0.15, 0.2) is 0 Å². The van der Waals surface area contributed by atoms with Crippen molar-refractivity contribution in [2.24, 2.45) is 0 Å². The lowest BCUT2D eigenvalue weighted by molar-refractivity contribution is 0.0664. The van der Waals surface area contributed by atoms with Gasteiger partial charge in [-0.3, -0.25) is 9.78 Å². The third-order valence-electron chi connectivity index (χ3n) is 5.42. The van der Waals surface area contributed by atoms with Crippen molar-refractivity contribution in [3.05, 3.63) is 71.9 Å². The first-order chi connectivity index (χ1) is 15.5. The first kappa shape index (κ1) is 21.6. The maximum Gasteiger partial charge on any atom is 0.254 e. The molecule has 2 N–H and O–H groups in total. The Morgan fingerprint density at radius 1 is 1.03 bits per heavy atom. The molecule has 32 heavy (non-hydrogen) atoms. The molecule has 1 unspecified atom stereocenters. The number of hydrogen-bond donors (Lipinski definition) is 2. The second-order valence-corrected chi connectivity index (χ2v) is 7.86. The number of piperazine rings is 1. The van der Waals surface area contributed by atoms with Gasteiger partial charge < -0.3 is 20.4 Å². The number of carbonyl (C=O) groups is 1. The zero-order chi connectivity index (χ0) is 22.5. The van der Waals surface area contributed by atoms with Gasteiger partial charge in [0, 0.05) is 50.2 Å². The molecule has 1 amide bonds. The van der Waals surface area contributed by atoms with Gasteiger partial charge in [0.1, 0.15) is 23.3 Å². The molecule has 3 heterocycles. The predicted octanol–water partition coefficient (Wildman–Crippen LogP) is 3.32. The Balaban J connectivity index is 1.60. The topological polar surface area (TPSA) is 86.3 Å². The van der Waals surface area contributed by atoms with Crippen LogP contribution in [0.4, 0.5) is 21.8 Å². The Kier molecular flexibility index (Phi) is 6.55. The standard InChI is InChI=1S/C23H26FN7O/c1-16(17-3-5-19(24)6-4-17)27-20-13-18(23(32)31-11-9-30(2)10-12-31)14-21(28-20)29-22-15-25-7-8-26-22/h3-8,13-16H,9-12H2,1-2H3,(H2,26,27,28,29). The van der Waals surface area contributed by atoms with Gasteiger partial charge in [0.05, 0.1) is 6.20 Å². The van der Waals surface area contributed by atoms with E-state index in [1.54, 1.807) is 42.9 Å². The van der Waals surface area contributed by atoms with Gasteiger partial charge in [-0.25, -0.2) is 14.4 Å². The van der Waals surface area contributed by atoms with Crippen molar-refractivity contribution in [3.8, 4) is 0 Å². The number of likely N-dealkylation sites (N-methyl/N-ethyl adjacent to an activating group) is 1. The summed E-state index contributed by atoms with van der Waals surface area (Å²) in [5.41, 5.74) is 1.44. The molecular formula is C23H26FN7O. The van der Waals surface area contributed by atoms with Crippen molar-refractivity contribution < 1.29 is 9.18 Å². The molecule has 4 rings (SSSR count). The highest BCUT2D eigenvalue weighted by Gasteiger charge is 2.22. The molecule has 0 bridgehead atoms. The zero-order valence-corrected chi connectivity index (χ0v) is 18.1. The lowest BCUT2D eigenvalue weighted by Crippen LogP contribution is -2.47. The molecule has 166 valence electrons. The quantitative estimate of drug-likeness (QED) is 0.614. The summed E-state index contributed by atoms with van der Waals surface area (Å²) in [5.74, 6) is 1.23. The Hall–Kier alpha value is -3.59. The van der Waals surface area contributed by atoms with Gasteiger partial charge >= 0.3 is 0 Å². The minimum Gasteiger partial charge on any atom is -0.363 e. The van der Waals surface area contributed by atoms with Gasteiger partial charge in [0.2, 0.25) is 0 Å². The molecule has 1 aliphatic rings. The molecule has 9 heteroatoms. The van der Waals surface area contributed by atoms with E-state index in [-0.39, 0.29) is 17.8 Å². The molecule has 2 aromatic heterocycles. The number of amides is 1. The van der Waals surface area contributed by atoms with E-state index in [0.29, 0.717) is 36.1 Å². The molecule has 1 aromatic carbocycles. The molecule has 1 fully saturated rings. The molecule has 1 aliphatic heterocycles. The van der Waals surface area contributed by atoms with E-state index in [2.05, 4.69) is 37.5 Å². The van der Waals surface area contributed by atoms with Crippen LogP contribution in [-0.2, 0) is 0 Å². The largest absolute Gasteiger partial charge is 0.363 e. The number of anilines is 3. The Labute approximate surface area is 186 Å². The summed E-state index contributed by atoms with van der Waals surface area (Å²) >= 11 is 0. The smallest absolute Gasteiger partial charge is 0.254 e. The highest BCUT2D eigenvalue weighted by atomic mass is 19.1. The van der Waals surface area contributed by atoms with E-state index in [0.717, 1.165) is 18.7 Å². The lowest BCUT2D eigenvalue weighted by atomic mass is 10.1. The number of aromatic nitrogens is 3. The van der Waals surface area contributed by atoms with Crippen LogP contribution in [0.2, 0.25) is 0 Å². The van der Waals surface area contributed by atoms with Crippen molar-refractivity contribution in [2.45, 2.75) is 13.0 Å². The van der Waals surface area contributed by atoms with Gasteiger partial charge in [-0.05, 0) is 43.8 Å². The van der Waals surface area contributed by atoms with E-state index >= 15 is 0 Å². The van der Waals surface area contributed by atoms with Crippen molar-refractivity contribution in [1.29, 1.82) is 0 Å². The van der Waals surface area contributed by atoms with Gasteiger partial charge in [-0.1, -0.05) is 12.1 Å². The SMILES string of the molecule is CC(Nc1cc(C(=O)N2CCN(C)CC2)cc(Nc2cnccn2)n1)c1ccc(F)cc1. The molecule has 0 saturated carbocycles. The van der Waals surface area contributed by atoms with Crippen LogP contribution in [0.5, 0.6) is 0 Å². The summed E-state index contributed by atoms with van der Waals surface area (Å²) in [7, 11) is 2.05. The number of nitrogens with one attached hydrogen (secondary N) is 2. The van der Waals surface area contributed by atoms with Crippen molar-refractivity contribution >= 4 is 23.4 Å². The van der Waals surface area contributed by atoms with E-state index in [1.165, 1.54) is 12.1 Å². The molecule has 0 radical (unpaired) electrons. The molecule has 3 aromatic rings. The van der Waals surface area contributed by atoms with Crippen LogP contribution in [0.1, 0.15) is 28.9 Å². The summed E-state index contributed by atoms with van der Waals surface area (Å²) in [5, 5.41) is 6.44. The third kappa shape index (κ3) is 5.36. The summed E-state index contributed by atoms with van der Waals surface area (Å²) in [6.45, 7) is 5.00. The average Bonchev–Trinajstić information content (AvgIpc) is 2.80. The summed E-state index contributed by atoms with van der Waals surface area (Å²) in [6, 6.07) is 9.65. The van der Waals surface area contributed by atoms with E-state index in [9.17, 15) is 9.18 Å². The molecular weight excluding hydrogens is 409 g/mol. The highest BCUT2D eigenvalue weighted by molar-refractivity contribution is 5.96. The first-order valence-corrected chi connectivity index (χ1v) is 10.5. The Morgan fingerprint density at radius 3 is 2.44 bits per heavy atom. The average molecular weight is 436 g/mol. The Bertz CT molecular complexity index is 1050. The van der Waals surface area contributed by atoms with Gasteiger partial charge in [-0.2, -0.15) is 0 Å². The summed E-state index contributed by atoms with van der Waals surface area (Å²) < 4.78 is 13.3. The van der Waals surface area contributed by atoms with Gasteiger partial charge in [-0.15, -0.1) is 0 Å². The molecule has 0 spiro atoms. The maximum absolute atomic E-state index is 13.3. The van der Waals surface area contributed by atoms with Crippen molar-refractivity contribution in [2.75, 3.05) is 43.9 Å². The van der Waals surface area contributed by atoms with E-state index < -0.39 is 0 Å². The number of nitrogens with zero attached hydrogens (tertiary/aromatic N) is 5. The number of benzene rings is 1. The second kappa shape index (κ2) is 9.69. The van der Waals surface area contributed by atoms with Crippen LogP contribution < -0.4 is 10.6 Å². The monoisotopic (exact) mass is 435 g/mol. The normalized spacial score (nSPS) is 15.3. The summed E-state index contributed by atoms with van der Waals surface area (Å²) in [4.78, 5) is 30.2. The number of carbonyl (C=O) groups excluding carboxylic acids is 1. The van der Waals surface area contributed by atoms with Crippen LogP contribution in [0.3, 0.4) is 0 Å². The molecule has 1 saturated heterocycles. The third-order valence-corrected chi connectivity index (χ3v) is 5.42. The van der Waals surface area contributed by atoms with Gasteiger partial charge in [0.25, 0.3) is 5.91 Å². The minimum atomic E-state index is -0.283. The van der Waals surface area contributed by atoms with Crippen LogP contribution in [0.25, 0.3) is 0 Å². The lowest BCUT2D eigenvalue weighted by Gasteiger charge is -2.32. The number of pyridine rings is 1. The van der Waals surface area contributed by atoms with Crippen LogP contribution in [0, 0.1) is 5.82 Å². The first-order valence-electron chi connectivity index (χ1n) is 10.5. The molecule has 0 aliphatic carbocycles. The van der Waals surface area contributed by atoms with Crippen LogP contribution >= 0.6 is 0 Å². The fraction of sp³-hybridized carbons (Fsp3) is 0.304. The fourth-order valence-corrected chi connectivity index (χ4v) is 3.54. The van der Waals surface area contributed by atoms with Crippen molar-refractivity contribution in [1.82, 2.24) is 24.8 Å². The Morgan fingerprint density at radius 2 is 1.75 bits per heavy atom. The van der Waals surface area contributed by atoms with Crippen molar-refractivity contribution in [3.63, 3.8) is 0 Å². The zero-order valence-electron chi connectivity index (χ0n) is 18.1.